The molecule has 2 atom stereocenters. The highest BCUT2D eigenvalue weighted by molar-refractivity contribution is 5.83. The van der Waals surface area contributed by atoms with Gasteiger partial charge in [0.2, 0.25) is 5.91 Å². The molecule has 2 rings (SSSR count). The van der Waals surface area contributed by atoms with Gasteiger partial charge >= 0.3 is 0 Å². The van der Waals surface area contributed by atoms with E-state index < -0.39 is 6.04 Å². The van der Waals surface area contributed by atoms with Crippen molar-refractivity contribution in [1.29, 1.82) is 0 Å². The van der Waals surface area contributed by atoms with Crippen LogP contribution in [0.3, 0.4) is 0 Å². The van der Waals surface area contributed by atoms with Gasteiger partial charge in [-0.15, -0.1) is 0 Å². The van der Waals surface area contributed by atoms with Crippen molar-refractivity contribution < 1.29 is 4.79 Å². The lowest BCUT2D eigenvalue weighted by atomic mass is 10.1. The van der Waals surface area contributed by atoms with Crippen LogP contribution in [0.25, 0.3) is 0 Å². The van der Waals surface area contributed by atoms with Gasteiger partial charge in [-0.2, -0.15) is 5.10 Å². The van der Waals surface area contributed by atoms with E-state index in [0.29, 0.717) is 6.54 Å². The van der Waals surface area contributed by atoms with E-state index in [4.69, 9.17) is 5.73 Å². The summed E-state index contributed by atoms with van der Waals surface area (Å²) in [6.45, 7) is 4.56. The fraction of sp³-hybridized carbons (Fsp3) is 0.333. The molecule has 1 amide bonds. The summed E-state index contributed by atoms with van der Waals surface area (Å²) >= 11 is 0. The average Bonchev–Trinajstić information content (AvgIpc) is 2.91. The van der Waals surface area contributed by atoms with Crippen LogP contribution in [0.15, 0.2) is 42.7 Å². The molecule has 0 saturated heterocycles. The van der Waals surface area contributed by atoms with Crippen LogP contribution in [0.4, 0.5) is 0 Å². The number of hydrogen-bond donors (Lipinski definition) is 2. The maximum Gasteiger partial charge on any atom is 0.241 e. The number of benzene rings is 1. The standard InChI is InChI=1S/C15H20N4O/c1-11-4-6-13(7-5-11)14(16)15(20)18-12(2)10-19-9-3-8-17-19/h3-9,12,14H,10,16H2,1-2H3,(H,18,20). The smallest absolute Gasteiger partial charge is 0.241 e. The Hall–Kier alpha value is -2.14. The van der Waals surface area contributed by atoms with Crippen LogP contribution < -0.4 is 11.1 Å². The number of nitrogens with zero attached hydrogens (tertiary/aromatic N) is 2. The number of nitrogens with one attached hydrogen (secondary N) is 1. The third-order valence-electron chi connectivity index (χ3n) is 3.13. The molecule has 106 valence electrons. The van der Waals surface area contributed by atoms with Crippen molar-refractivity contribution in [2.45, 2.75) is 32.5 Å². The maximum atomic E-state index is 12.1. The van der Waals surface area contributed by atoms with Crippen molar-refractivity contribution in [3.63, 3.8) is 0 Å². The molecular formula is C15H20N4O. The van der Waals surface area contributed by atoms with E-state index >= 15 is 0 Å². The lowest BCUT2D eigenvalue weighted by Crippen LogP contribution is -2.41. The Morgan fingerprint density at radius 1 is 1.40 bits per heavy atom. The SMILES string of the molecule is Cc1ccc(C(N)C(=O)NC(C)Cn2cccn2)cc1. The second-order valence-corrected chi connectivity index (χ2v) is 5.03. The Morgan fingerprint density at radius 2 is 2.10 bits per heavy atom. The third kappa shape index (κ3) is 3.68. The van der Waals surface area contributed by atoms with Gasteiger partial charge in [-0.05, 0) is 25.5 Å². The van der Waals surface area contributed by atoms with Crippen molar-refractivity contribution in [3.8, 4) is 0 Å². The molecule has 2 unspecified atom stereocenters. The lowest BCUT2D eigenvalue weighted by molar-refractivity contribution is -0.123. The Morgan fingerprint density at radius 3 is 2.70 bits per heavy atom. The quantitative estimate of drug-likeness (QED) is 0.864. The summed E-state index contributed by atoms with van der Waals surface area (Å²) in [7, 11) is 0. The van der Waals surface area contributed by atoms with Crippen LogP contribution >= 0.6 is 0 Å². The number of amides is 1. The van der Waals surface area contributed by atoms with Gasteiger partial charge in [0.25, 0.3) is 0 Å². The Kier molecular flexibility index (Phi) is 4.53. The molecule has 0 aliphatic heterocycles. The summed E-state index contributed by atoms with van der Waals surface area (Å²) in [6, 6.07) is 8.86. The van der Waals surface area contributed by atoms with Gasteiger partial charge in [0.1, 0.15) is 6.04 Å². The molecule has 0 radical (unpaired) electrons. The monoisotopic (exact) mass is 272 g/mol. The summed E-state index contributed by atoms with van der Waals surface area (Å²) in [5.41, 5.74) is 7.94. The fourth-order valence-corrected chi connectivity index (χ4v) is 1.99. The van der Waals surface area contributed by atoms with E-state index in [1.807, 2.05) is 50.4 Å². The zero-order valence-electron chi connectivity index (χ0n) is 11.8. The van der Waals surface area contributed by atoms with Crippen LogP contribution in [0.5, 0.6) is 0 Å². The van der Waals surface area contributed by atoms with Crippen molar-refractivity contribution in [2.75, 3.05) is 0 Å². The van der Waals surface area contributed by atoms with E-state index in [0.717, 1.165) is 11.1 Å². The van der Waals surface area contributed by atoms with Crippen LogP contribution in [0.1, 0.15) is 24.1 Å². The van der Waals surface area contributed by atoms with Gasteiger partial charge in [-0.1, -0.05) is 29.8 Å². The molecule has 0 aliphatic rings. The first-order valence-electron chi connectivity index (χ1n) is 6.66. The topological polar surface area (TPSA) is 72.9 Å². The predicted molar refractivity (Wildman–Crippen MR) is 77.9 cm³/mol. The van der Waals surface area contributed by atoms with Crippen molar-refractivity contribution in [3.05, 3.63) is 53.9 Å². The summed E-state index contributed by atoms with van der Waals surface area (Å²) in [6.07, 6.45) is 3.58. The Labute approximate surface area is 118 Å². The van der Waals surface area contributed by atoms with Gasteiger partial charge in [-0.3, -0.25) is 9.48 Å². The molecule has 1 aromatic carbocycles. The number of rotatable bonds is 5. The van der Waals surface area contributed by atoms with E-state index in [1.54, 1.807) is 10.9 Å². The first-order chi connectivity index (χ1) is 9.56. The minimum absolute atomic E-state index is 0.0288. The van der Waals surface area contributed by atoms with Crippen molar-refractivity contribution in [1.82, 2.24) is 15.1 Å². The van der Waals surface area contributed by atoms with Crippen molar-refractivity contribution in [2.24, 2.45) is 5.73 Å². The van der Waals surface area contributed by atoms with E-state index in [2.05, 4.69) is 10.4 Å². The molecule has 2 aromatic rings. The molecule has 0 bridgehead atoms. The van der Waals surface area contributed by atoms with Gasteiger partial charge in [0.05, 0.1) is 6.54 Å². The minimum Gasteiger partial charge on any atom is -0.350 e. The lowest BCUT2D eigenvalue weighted by Gasteiger charge is -2.18. The molecular weight excluding hydrogens is 252 g/mol. The summed E-state index contributed by atoms with van der Waals surface area (Å²) < 4.78 is 1.78. The van der Waals surface area contributed by atoms with Crippen LogP contribution in [-0.4, -0.2) is 21.7 Å². The Balaban J connectivity index is 1.92. The molecule has 5 heteroatoms. The number of nitrogens with two attached hydrogens (primary N) is 1. The second kappa shape index (κ2) is 6.34. The summed E-state index contributed by atoms with van der Waals surface area (Å²) in [5, 5.41) is 7.02. The minimum atomic E-state index is -0.643. The highest BCUT2D eigenvalue weighted by atomic mass is 16.2. The van der Waals surface area contributed by atoms with Crippen LogP contribution in [-0.2, 0) is 11.3 Å². The molecule has 0 spiro atoms. The molecule has 3 N–H and O–H groups in total. The predicted octanol–water partition coefficient (Wildman–Crippen LogP) is 1.40. The number of aromatic nitrogens is 2. The largest absolute Gasteiger partial charge is 0.350 e. The van der Waals surface area contributed by atoms with Gasteiger partial charge < -0.3 is 11.1 Å². The average molecular weight is 272 g/mol. The molecule has 0 fully saturated rings. The van der Waals surface area contributed by atoms with Gasteiger partial charge in [0, 0.05) is 18.4 Å². The summed E-state index contributed by atoms with van der Waals surface area (Å²) in [5.74, 6) is -0.173. The molecule has 1 heterocycles. The van der Waals surface area contributed by atoms with Crippen LogP contribution in [0.2, 0.25) is 0 Å². The van der Waals surface area contributed by atoms with E-state index in [1.165, 1.54) is 0 Å². The molecule has 1 aromatic heterocycles. The third-order valence-corrected chi connectivity index (χ3v) is 3.13. The van der Waals surface area contributed by atoms with E-state index in [9.17, 15) is 4.79 Å². The van der Waals surface area contributed by atoms with Gasteiger partial charge in [0.15, 0.2) is 0 Å². The maximum absolute atomic E-state index is 12.1. The zero-order chi connectivity index (χ0) is 14.5. The number of hydrogen-bond acceptors (Lipinski definition) is 3. The fourth-order valence-electron chi connectivity index (χ4n) is 1.99. The first kappa shape index (κ1) is 14.3. The number of aryl methyl sites for hydroxylation is 1. The number of carbonyl (C=O) groups is 1. The second-order valence-electron chi connectivity index (χ2n) is 5.03. The highest BCUT2D eigenvalue weighted by Gasteiger charge is 2.17. The normalized spacial score (nSPS) is 13.8. The molecule has 5 nitrogen and oxygen atoms in total. The molecule has 0 saturated carbocycles. The van der Waals surface area contributed by atoms with E-state index in [-0.39, 0.29) is 11.9 Å². The molecule has 20 heavy (non-hydrogen) atoms. The first-order valence-corrected chi connectivity index (χ1v) is 6.66. The highest BCUT2D eigenvalue weighted by Crippen LogP contribution is 2.11. The van der Waals surface area contributed by atoms with Crippen LogP contribution in [0, 0.1) is 6.92 Å². The summed E-state index contributed by atoms with van der Waals surface area (Å²) in [4.78, 5) is 12.1. The number of carbonyl (C=O) groups excluding carboxylic acids is 1. The van der Waals surface area contributed by atoms with Crippen molar-refractivity contribution >= 4 is 5.91 Å². The Bertz CT molecular complexity index is 548. The molecule has 0 aliphatic carbocycles. The zero-order valence-corrected chi connectivity index (χ0v) is 11.8. The van der Waals surface area contributed by atoms with Gasteiger partial charge in [-0.25, -0.2) is 0 Å².